The van der Waals surface area contributed by atoms with Gasteiger partial charge in [0.25, 0.3) is 0 Å². The SMILES string of the molecule is CC(=O)O[C@H]1C[C@@]2(C)[C@@H](C[C@@H](O)[C@H]3[C@@]4(C)CC[C@@H](O)[C@@H](C)[C@@H]4CC[C@@]32C)/C1=C(/C(C)=O)[C@H](N)C=C(C)C. The molecule has 0 bridgehead atoms. The Bertz CT molecular complexity index is 1010. The highest BCUT2D eigenvalue weighted by molar-refractivity contribution is 5.96. The van der Waals surface area contributed by atoms with E-state index in [2.05, 4.69) is 27.7 Å². The smallest absolute Gasteiger partial charge is 0.303 e. The molecule has 0 aromatic carbocycles. The van der Waals surface area contributed by atoms with E-state index >= 15 is 0 Å². The lowest BCUT2D eigenvalue weighted by molar-refractivity contribution is -0.234. The zero-order chi connectivity index (χ0) is 27.7. The molecule has 4 rings (SSSR count). The summed E-state index contributed by atoms with van der Waals surface area (Å²) < 4.78 is 5.95. The Morgan fingerprint density at radius 3 is 2.24 bits per heavy atom. The molecule has 0 aliphatic heterocycles. The number of ether oxygens (including phenoxy) is 1. The second kappa shape index (κ2) is 9.60. The van der Waals surface area contributed by atoms with Gasteiger partial charge < -0.3 is 20.7 Å². The molecule has 0 radical (unpaired) electrons. The van der Waals surface area contributed by atoms with Gasteiger partial charge in [0.15, 0.2) is 5.78 Å². The minimum atomic E-state index is -0.588. The summed E-state index contributed by atoms with van der Waals surface area (Å²) in [6.07, 6.45) is 5.32. The summed E-state index contributed by atoms with van der Waals surface area (Å²) in [6, 6.07) is -0.588. The van der Waals surface area contributed by atoms with Crippen LogP contribution in [0.25, 0.3) is 0 Å². The first-order valence-electron chi connectivity index (χ1n) is 14.3. The summed E-state index contributed by atoms with van der Waals surface area (Å²) in [7, 11) is 0. The topological polar surface area (TPSA) is 110 Å². The molecule has 37 heavy (non-hydrogen) atoms. The molecule has 0 heterocycles. The largest absolute Gasteiger partial charge is 0.458 e. The van der Waals surface area contributed by atoms with Crippen molar-refractivity contribution < 1.29 is 24.5 Å². The van der Waals surface area contributed by atoms with E-state index in [0.717, 1.165) is 36.8 Å². The summed E-state index contributed by atoms with van der Waals surface area (Å²) in [5.41, 5.74) is 8.42. The monoisotopic (exact) mass is 515 g/mol. The molecular weight excluding hydrogens is 466 g/mol. The molecule has 4 aliphatic carbocycles. The number of hydrogen-bond donors (Lipinski definition) is 3. The molecular formula is C31H49NO5. The number of ketones is 1. The number of Topliss-reactive ketones (excluding diaryl/α,β-unsaturated/α-hetero) is 1. The summed E-state index contributed by atoms with van der Waals surface area (Å²) in [6.45, 7) is 16.0. The quantitative estimate of drug-likeness (QED) is 0.284. The molecule has 0 saturated heterocycles. The third-order valence-corrected chi connectivity index (χ3v) is 11.6. The number of carbonyl (C=O) groups excluding carboxylic acids is 2. The highest BCUT2D eigenvalue weighted by atomic mass is 16.5. The lowest BCUT2D eigenvalue weighted by atomic mass is 9.36. The average Bonchev–Trinajstić information content (AvgIpc) is 3.02. The molecule has 0 amide bonds. The van der Waals surface area contributed by atoms with Crippen LogP contribution in [0.3, 0.4) is 0 Å². The van der Waals surface area contributed by atoms with Crippen molar-refractivity contribution in [1.29, 1.82) is 0 Å². The second-order valence-corrected chi connectivity index (χ2v) is 13.8. The van der Waals surface area contributed by atoms with E-state index in [0.29, 0.717) is 24.3 Å². The van der Waals surface area contributed by atoms with E-state index in [1.807, 2.05) is 19.9 Å². The molecule has 6 heteroatoms. The fraction of sp³-hybridized carbons (Fsp3) is 0.806. The number of fused-ring (bicyclic) bond motifs is 5. The van der Waals surface area contributed by atoms with Gasteiger partial charge in [-0.2, -0.15) is 0 Å². The molecule has 6 nitrogen and oxygen atoms in total. The lowest BCUT2D eigenvalue weighted by Gasteiger charge is -2.69. The maximum absolute atomic E-state index is 13.1. The van der Waals surface area contributed by atoms with Crippen LogP contribution in [0.15, 0.2) is 22.8 Å². The van der Waals surface area contributed by atoms with Gasteiger partial charge >= 0.3 is 5.97 Å². The fourth-order valence-electron chi connectivity index (χ4n) is 9.94. The normalized spacial score (nSPS) is 47.2. The van der Waals surface area contributed by atoms with Gasteiger partial charge in [-0.25, -0.2) is 0 Å². The zero-order valence-corrected chi connectivity index (χ0v) is 24.1. The summed E-state index contributed by atoms with van der Waals surface area (Å²) in [5, 5.41) is 22.6. The Labute approximate surface area is 223 Å². The average molecular weight is 516 g/mol. The van der Waals surface area contributed by atoms with E-state index in [1.165, 1.54) is 6.92 Å². The van der Waals surface area contributed by atoms with Gasteiger partial charge in [-0.15, -0.1) is 0 Å². The number of carbonyl (C=O) groups is 2. The third kappa shape index (κ3) is 4.26. The van der Waals surface area contributed by atoms with E-state index in [-0.39, 0.29) is 51.9 Å². The number of rotatable bonds is 4. The fourth-order valence-corrected chi connectivity index (χ4v) is 9.94. The molecule has 4 saturated carbocycles. The zero-order valence-electron chi connectivity index (χ0n) is 24.1. The summed E-state index contributed by atoms with van der Waals surface area (Å²) >= 11 is 0. The Hall–Kier alpha value is -1.50. The molecule has 4 N–H and O–H groups in total. The van der Waals surface area contributed by atoms with Crippen molar-refractivity contribution in [2.75, 3.05) is 0 Å². The van der Waals surface area contributed by atoms with Gasteiger partial charge in [0.05, 0.1) is 18.2 Å². The predicted molar refractivity (Wildman–Crippen MR) is 144 cm³/mol. The van der Waals surface area contributed by atoms with Crippen LogP contribution < -0.4 is 5.73 Å². The van der Waals surface area contributed by atoms with Gasteiger partial charge in [-0.1, -0.05) is 39.3 Å². The molecule has 11 atom stereocenters. The highest BCUT2D eigenvalue weighted by Gasteiger charge is 2.70. The lowest BCUT2D eigenvalue weighted by Crippen LogP contribution is -2.65. The number of aliphatic hydroxyl groups is 2. The third-order valence-electron chi connectivity index (χ3n) is 11.6. The molecule has 208 valence electrons. The van der Waals surface area contributed by atoms with Crippen molar-refractivity contribution in [2.24, 2.45) is 45.7 Å². The number of hydrogen-bond acceptors (Lipinski definition) is 6. The number of esters is 1. The van der Waals surface area contributed by atoms with E-state index < -0.39 is 18.2 Å². The van der Waals surface area contributed by atoms with Crippen LogP contribution in [-0.2, 0) is 14.3 Å². The van der Waals surface area contributed by atoms with Crippen LogP contribution in [0.5, 0.6) is 0 Å². The standard InChI is InChI=1S/C31H49NO5/c1-16(2)13-22(32)26(18(4)33)27-21-14-24(36)28-29(6)11-10-23(35)17(3)20(29)9-12-30(28,7)31(21,8)15-25(27)37-19(5)34/h13,17,20-25,28,35-36H,9-12,14-15,32H2,1-8H3/b27-26+/t17-,20-,21-,22+,23+,24+,25-,28-,29-,30-,31-/m0/s1. The van der Waals surface area contributed by atoms with Crippen LogP contribution in [0.1, 0.15) is 93.9 Å². The van der Waals surface area contributed by atoms with E-state index in [9.17, 15) is 19.8 Å². The first kappa shape index (κ1) is 28.5. The number of nitrogens with two attached hydrogens (primary N) is 1. The summed E-state index contributed by atoms with van der Waals surface area (Å²) in [4.78, 5) is 25.4. The van der Waals surface area contributed by atoms with Gasteiger partial charge in [0.1, 0.15) is 6.10 Å². The Morgan fingerprint density at radius 2 is 1.68 bits per heavy atom. The van der Waals surface area contributed by atoms with Crippen LogP contribution in [0.2, 0.25) is 0 Å². The Balaban J connectivity index is 1.88. The van der Waals surface area contributed by atoms with Gasteiger partial charge in [0, 0.05) is 12.5 Å². The predicted octanol–water partition coefficient (Wildman–Crippen LogP) is 4.72. The number of aliphatic hydroxyl groups excluding tert-OH is 2. The first-order chi connectivity index (χ1) is 17.1. The summed E-state index contributed by atoms with van der Waals surface area (Å²) in [5.74, 6) is 0.0733. The van der Waals surface area contributed by atoms with Crippen molar-refractivity contribution in [3.8, 4) is 0 Å². The molecule has 4 aliphatic rings. The molecule has 0 spiro atoms. The van der Waals surface area contributed by atoms with E-state index in [1.54, 1.807) is 6.92 Å². The maximum Gasteiger partial charge on any atom is 0.303 e. The van der Waals surface area contributed by atoms with Crippen molar-refractivity contribution in [1.82, 2.24) is 0 Å². The Kier molecular flexibility index (Phi) is 7.40. The number of allylic oxidation sites excluding steroid dienone is 1. The van der Waals surface area contributed by atoms with Crippen LogP contribution in [0, 0.1) is 39.9 Å². The second-order valence-electron chi connectivity index (χ2n) is 13.8. The molecule has 0 aromatic rings. The van der Waals surface area contributed by atoms with Crippen LogP contribution in [-0.4, -0.2) is 46.3 Å². The van der Waals surface area contributed by atoms with Crippen LogP contribution >= 0.6 is 0 Å². The van der Waals surface area contributed by atoms with Crippen molar-refractivity contribution in [3.05, 3.63) is 22.8 Å². The molecule has 0 aromatic heterocycles. The van der Waals surface area contributed by atoms with Crippen molar-refractivity contribution in [3.63, 3.8) is 0 Å². The molecule has 0 unspecified atom stereocenters. The van der Waals surface area contributed by atoms with Gasteiger partial charge in [-0.3, -0.25) is 9.59 Å². The maximum atomic E-state index is 13.1. The van der Waals surface area contributed by atoms with Crippen LogP contribution in [0.4, 0.5) is 0 Å². The Morgan fingerprint density at radius 1 is 1.03 bits per heavy atom. The van der Waals surface area contributed by atoms with Crippen molar-refractivity contribution >= 4 is 11.8 Å². The highest BCUT2D eigenvalue weighted by Crippen LogP contribution is 2.74. The van der Waals surface area contributed by atoms with Gasteiger partial charge in [0.2, 0.25) is 0 Å². The van der Waals surface area contributed by atoms with E-state index in [4.69, 9.17) is 10.5 Å². The van der Waals surface area contributed by atoms with Crippen molar-refractivity contribution in [2.45, 2.75) is 118 Å². The first-order valence-corrected chi connectivity index (χ1v) is 14.3. The van der Waals surface area contributed by atoms with Gasteiger partial charge in [-0.05, 0) is 105 Å². The molecule has 4 fully saturated rings. The minimum Gasteiger partial charge on any atom is -0.458 e. The minimum absolute atomic E-state index is 0.0690.